The van der Waals surface area contributed by atoms with Gasteiger partial charge in [-0.2, -0.15) is 0 Å². The van der Waals surface area contributed by atoms with Gasteiger partial charge in [0.1, 0.15) is 5.15 Å². The van der Waals surface area contributed by atoms with E-state index in [-0.39, 0.29) is 18.9 Å². The molecule has 0 aliphatic carbocycles. The molecule has 0 saturated carbocycles. The van der Waals surface area contributed by atoms with Gasteiger partial charge >= 0.3 is 18.9 Å². The van der Waals surface area contributed by atoms with E-state index in [0.717, 1.165) is 22.4 Å². The Bertz CT molecular complexity index is 913. The van der Waals surface area contributed by atoms with Gasteiger partial charge in [-0.1, -0.05) is 53.5 Å². The molecule has 0 amide bonds. The zero-order valence-electron chi connectivity index (χ0n) is 12.2. The van der Waals surface area contributed by atoms with Crippen molar-refractivity contribution in [1.29, 1.82) is 0 Å². The van der Waals surface area contributed by atoms with Gasteiger partial charge in [0.2, 0.25) is 0 Å². The van der Waals surface area contributed by atoms with Crippen molar-refractivity contribution in [2.75, 3.05) is 0 Å². The van der Waals surface area contributed by atoms with E-state index in [4.69, 9.17) is 23.2 Å². The maximum Gasteiger partial charge on any atom is 1.00 e. The van der Waals surface area contributed by atoms with Crippen molar-refractivity contribution in [3.05, 3.63) is 64.7 Å². The number of benzene rings is 2. The second-order valence-electron chi connectivity index (χ2n) is 4.84. The van der Waals surface area contributed by atoms with Crippen molar-refractivity contribution in [3.63, 3.8) is 0 Å². The van der Waals surface area contributed by atoms with Crippen LogP contribution in [-0.4, -0.2) is 15.1 Å². The summed E-state index contributed by atoms with van der Waals surface area (Å²) in [4.78, 5) is 13.3. The van der Waals surface area contributed by atoms with Gasteiger partial charge in [0.05, 0.1) is 21.9 Å². The summed E-state index contributed by atoms with van der Waals surface area (Å²) < 4.78 is 0. The molecule has 0 spiro atoms. The van der Waals surface area contributed by atoms with Gasteiger partial charge in [0, 0.05) is 5.69 Å². The van der Waals surface area contributed by atoms with Crippen LogP contribution < -0.4 is 18.9 Å². The first-order chi connectivity index (χ1) is 10.7. The van der Waals surface area contributed by atoms with Crippen molar-refractivity contribution < 1.29 is 18.9 Å². The molecule has 0 bridgehead atoms. The fraction of sp³-hybridized carbons (Fsp3) is 0.0625. The summed E-state index contributed by atoms with van der Waals surface area (Å²) in [7, 11) is 0. The zero-order valence-corrected chi connectivity index (χ0v) is 13.8. The number of aliphatic imine (C=N–C) groups is 1. The maximum atomic E-state index is 6.30. The molecule has 108 valence electrons. The standard InChI is InChI=1S/C16H9Cl2N4.Li/c17-15-13(19-9-5-1-3-7-11(9)21-15)14-16(18)22-12-8-4-2-6-10(12)20-14;/h1-8,13H;/q-1;+1. The summed E-state index contributed by atoms with van der Waals surface area (Å²) in [5, 5.41) is 5.24. The van der Waals surface area contributed by atoms with Gasteiger partial charge in [0.15, 0.2) is 0 Å². The molecule has 1 atom stereocenters. The third-order valence-electron chi connectivity index (χ3n) is 3.41. The molecule has 1 aliphatic rings. The van der Waals surface area contributed by atoms with Gasteiger partial charge in [-0.05, 0) is 24.2 Å². The van der Waals surface area contributed by atoms with Crippen LogP contribution in [0.15, 0.2) is 53.5 Å². The third kappa shape index (κ3) is 2.96. The summed E-state index contributed by atoms with van der Waals surface area (Å²) in [5.41, 5.74) is 3.51. The minimum absolute atomic E-state index is 0. The maximum absolute atomic E-state index is 6.30. The molecular weight excluding hydrogens is 326 g/mol. The number of rotatable bonds is 1. The average Bonchev–Trinajstić information content (AvgIpc) is 2.54. The van der Waals surface area contributed by atoms with E-state index in [9.17, 15) is 0 Å². The second kappa shape index (κ2) is 6.50. The second-order valence-corrected chi connectivity index (χ2v) is 5.59. The Hall–Kier alpha value is -1.57. The van der Waals surface area contributed by atoms with Crippen LogP contribution in [0, 0.1) is 0 Å². The molecule has 23 heavy (non-hydrogen) atoms. The summed E-state index contributed by atoms with van der Waals surface area (Å²) in [6, 6.07) is 14.6. The Kier molecular flexibility index (Phi) is 4.61. The third-order valence-corrected chi connectivity index (χ3v) is 3.98. The smallest absolute Gasteiger partial charge is 0.669 e. The fourth-order valence-electron chi connectivity index (χ4n) is 2.38. The number of aromatic nitrogens is 2. The molecule has 0 saturated heterocycles. The molecule has 0 fully saturated rings. The fourth-order valence-corrected chi connectivity index (χ4v) is 2.86. The monoisotopic (exact) mass is 334 g/mol. The quantitative estimate of drug-likeness (QED) is 0.641. The number of halogens is 2. The predicted octanol–water partition coefficient (Wildman–Crippen LogP) is 2.32. The van der Waals surface area contributed by atoms with Crippen LogP contribution in [0.3, 0.4) is 0 Å². The van der Waals surface area contributed by atoms with Crippen LogP contribution in [0.5, 0.6) is 0 Å². The Morgan fingerprint density at radius 1 is 0.870 bits per heavy atom. The van der Waals surface area contributed by atoms with Crippen LogP contribution in [0.1, 0.15) is 11.7 Å². The van der Waals surface area contributed by atoms with Gasteiger partial charge < -0.3 is 5.32 Å². The SMILES string of the molecule is ClC1=Nc2ccccc2[N-]C1c1nc2ccccc2nc1Cl.[Li+]. The van der Waals surface area contributed by atoms with Crippen LogP contribution in [0.2, 0.25) is 5.15 Å². The Morgan fingerprint density at radius 2 is 1.52 bits per heavy atom. The van der Waals surface area contributed by atoms with Crippen molar-refractivity contribution in [2.45, 2.75) is 6.04 Å². The van der Waals surface area contributed by atoms with E-state index in [1.54, 1.807) is 0 Å². The summed E-state index contributed by atoms with van der Waals surface area (Å²) in [6.07, 6.45) is 0. The molecule has 1 aliphatic heterocycles. The Labute approximate surface area is 155 Å². The van der Waals surface area contributed by atoms with Gasteiger partial charge in [-0.15, -0.1) is 5.69 Å². The summed E-state index contributed by atoms with van der Waals surface area (Å²) in [5.74, 6) is 0. The molecule has 4 nitrogen and oxygen atoms in total. The molecule has 4 rings (SSSR count). The molecule has 0 radical (unpaired) electrons. The first kappa shape index (κ1) is 16.3. The van der Waals surface area contributed by atoms with Gasteiger partial charge in [-0.25, -0.2) is 15.0 Å². The minimum atomic E-state index is -0.527. The Balaban J connectivity index is 0.00000156. The number of fused-ring (bicyclic) bond motifs is 2. The summed E-state index contributed by atoms with van der Waals surface area (Å²) in [6.45, 7) is 0. The molecule has 7 heteroatoms. The minimum Gasteiger partial charge on any atom is -0.669 e. The first-order valence-corrected chi connectivity index (χ1v) is 7.44. The predicted molar refractivity (Wildman–Crippen MR) is 89.7 cm³/mol. The average molecular weight is 335 g/mol. The number of hydrogen-bond acceptors (Lipinski definition) is 3. The topological polar surface area (TPSA) is 52.2 Å². The van der Waals surface area contributed by atoms with Crippen LogP contribution >= 0.6 is 23.2 Å². The molecule has 0 N–H and O–H groups in total. The summed E-state index contributed by atoms with van der Waals surface area (Å²) >= 11 is 12.6. The number of para-hydroxylation sites is 4. The van der Waals surface area contributed by atoms with E-state index in [1.807, 2.05) is 48.5 Å². The van der Waals surface area contributed by atoms with E-state index in [0.29, 0.717) is 16.0 Å². The van der Waals surface area contributed by atoms with E-state index < -0.39 is 6.04 Å². The van der Waals surface area contributed by atoms with Gasteiger partial charge in [0.25, 0.3) is 0 Å². The van der Waals surface area contributed by atoms with Crippen molar-refractivity contribution >= 4 is 50.8 Å². The van der Waals surface area contributed by atoms with Crippen LogP contribution in [0.4, 0.5) is 11.4 Å². The van der Waals surface area contributed by atoms with Crippen LogP contribution in [-0.2, 0) is 0 Å². The van der Waals surface area contributed by atoms with Crippen molar-refractivity contribution in [1.82, 2.24) is 9.97 Å². The molecule has 1 aromatic heterocycles. The molecule has 2 aromatic carbocycles. The first-order valence-electron chi connectivity index (χ1n) is 6.68. The largest absolute Gasteiger partial charge is 1.00 e. The van der Waals surface area contributed by atoms with Crippen molar-refractivity contribution in [2.24, 2.45) is 4.99 Å². The van der Waals surface area contributed by atoms with Crippen LogP contribution in [0.25, 0.3) is 16.4 Å². The van der Waals surface area contributed by atoms with E-state index in [2.05, 4.69) is 20.3 Å². The zero-order chi connectivity index (χ0) is 15.1. The Morgan fingerprint density at radius 3 is 2.30 bits per heavy atom. The van der Waals surface area contributed by atoms with Gasteiger partial charge in [-0.3, -0.25) is 0 Å². The number of nitrogens with zero attached hydrogens (tertiary/aromatic N) is 4. The molecule has 2 heterocycles. The van der Waals surface area contributed by atoms with E-state index in [1.165, 1.54) is 0 Å². The van der Waals surface area contributed by atoms with Crippen molar-refractivity contribution in [3.8, 4) is 0 Å². The van der Waals surface area contributed by atoms with E-state index >= 15 is 0 Å². The number of hydrogen-bond donors (Lipinski definition) is 0. The molecule has 3 aromatic rings. The molecule has 1 unspecified atom stereocenters. The molecular formula is C16H9Cl2LiN4. The normalized spacial score (nSPS) is 16.1.